The third kappa shape index (κ3) is 3.28. The number of benzene rings is 1. The second-order valence-corrected chi connectivity index (χ2v) is 5.61. The van der Waals surface area contributed by atoms with Crippen LogP contribution in [-0.4, -0.2) is 24.1 Å². The van der Waals surface area contributed by atoms with Gasteiger partial charge in [0.15, 0.2) is 0 Å². The first-order valence-corrected chi connectivity index (χ1v) is 7.03. The highest BCUT2D eigenvalue weighted by molar-refractivity contribution is 5.96. The number of nitrogens with two attached hydrogens (primary N) is 1. The molecule has 4 N–H and O–H groups in total. The van der Waals surface area contributed by atoms with Crippen LogP contribution in [0.2, 0.25) is 0 Å². The van der Waals surface area contributed by atoms with Crippen molar-refractivity contribution in [2.75, 3.05) is 13.1 Å². The Hall–Kier alpha value is -1.62. The highest BCUT2D eigenvalue weighted by atomic mass is 19.1. The van der Waals surface area contributed by atoms with E-state index in [1.807, 2.05) is 0 Å². The summed E-state index contributed by atoms with van der Waals surface area (Å²) in [5.74, 6) is -1.29. The Morgan fingerprint density at radius 1 is 1.35 bits per heavy atom. The molecular formula is C15H21FN2O2. The number of amides is 1. The summed E-state index contributed by atoms with van der Waals surface area (Å²) >= 11 is 0. The number of carbonyl (C=O) groups is 1. The van der Waals surface area contributed by atoms with Crippen LogP contribution in [0.1, 0.15) is 42.5 Å². The van der Waals surface area contributed by atoms with E-state index in [0.29, 0.717) is 13.1 Å². The van der Waals surface area contributed by atoms with E-state index >= 15 is 0 Å². The van der Waals surface area contributed by atoms with Gasteiger partial charge in [-0.15, -0.1) is 0 Å². The largest absolute Gasteiger partial charge is 0.507 e. The van der Waals surface area contributed by atoms with Crippen LogP contribution in [0.15, 0.2) is 18.2 Å². The fourth-order valence-corrected chi connectivity index (χ4v) is 2.81. The van der Waals surface area contributed by atoms with E-state index in [0.717, 1.165) is 37.8 Å². The smallest absolute Gasteiger partial charge is 0.255 e. The van der Waals surface area contributed by atoms with Crippen molar-refractivity contribution in [2.45, 2.75) is 32.1 Å². The van der Waals surface area contributed by atoms with Gasteiger partial charge in [-0.05, 0) is 36.9 Å². The Labute approximate surface area is 118 Å². The van der Waals surface area contributed by atoms with Gasteiger partial charge >= 0.3 is 0 Å². The highest BCUT2D eigenvalue weighted by Crippen LogP contribution is 2.34. The Bertz CT molecular complexity index is 485. The van der Waals surface area contributed by atoms with Crippen molar-refractivity contribution in [1.82, 2.24) is 5.32 Å². The van der Waals surface area contributed by atoms with Gasteiger partial charge in [0.1, 0.15) is 11.6 Å². The molecule has 1 amide bonds. The molecule has 1 fully saturated rings. The molecule has 1 aliphatic carbocycles. The maximum atomic E-state index is 12.9. The Morgan fingerprint density at radius 3 is 2.65 bits per heavy atom. The van der Waals surface area contributed by atoms with Crippen LogP contribution in [0.3, 0.4) is 0 Å². The lowest BCUT2D eigenvalue weighted by molar-refractivity contribution is 0.0911. The van der Waals surface area contributed by atoms with E-state index in [-0.39, 0.29) is 22.6 Å². The molecule has 0 atom stereocenters. The molecule has 1 aromatic rings. The number of halogens is 1. The van der Waals surface area contributed by atoms with E-state index in [4.69, 9.17) is 5.73 Å². The van der Waals surface area contributed by atoms with Crippen molar-refractivity contribution in [2.24, 2.45) is 11.1 Å². The lowest BCUT2D eigenvalue weighted by Gasteiger charge is -2.36. The number of aromatic hydroxyl groups is 1. The van der Waals surface area contributed by atoms with E-state index in [2.05, 4.69) is 5.32 Å². The minimum Gasteiger partial charge on any atom is -0.507 e. The van der Waals surface area contributed by atoms with E-state index in [1.54, 1.807) is 0 Å². The van der Waals surface area contributed by atoms with Gasteiger partial charge in [0.05, 0.1) is 5.56 Å². The maximum Gasteiger partial charge on any atom is 0.255 e. The molecule has 0 spiro atoms. The molecule has 0 aliphatic heterocycles. The number of phenols is 1. The number of rotatable bonds is 4. The quantitative estimate of drug-likeness (QED) is 0.791. The average Bonchev–Trinajstić information content (AvgIpc) is 2.46. The molecule has 5 heteroatoms. The zero-order chi connectivity index (χ0) is 14.6. The minimum atomic E-state index is -0.565. The topological polar surface area (TPSA) is 75.3 Å². The van der Waals surface area contributed by atoms with Gasteiger partial charge in [-0.3, -0.25) is 4.79 Å². The molecule has 20 heavy (non-hydrogen) atoms. The fraction of sp³-hybridized carbons (Fsp3) is 0.533. The molecule has 0 aromatic heterocycles. The third-order valence-electron chi connectivity index (χ3n) is 4.18. The van der Waals surface area contributed by atoms with Crippen molar-refractivity contribution in [3.05, 3.63) is 29.6 Å². The third-order valence-corrected chi connectivity index (χ3v) is 4.18. The van der Waals surface area contributed by atoms with Gasteiger partial charge in [-0.25, -0.2) is 4.39 Å². The standard InChI is InChI=1S/C15H21FN2O2/c16-11-4-5-12(13(19)8-11)14(20)18-10-15(9-17)6-2-1-3-7-15/h4-5,8,19H,1-3,6-7,9-10,17H2,(H,18,20). The van der Waals surface area contributed by atoms with Crippen LogP contribution in [0.4, 0.5) is 4.39 Å². The summed E-state index contributed by atoms with van der Waals surface area (Å²) in [6.07, 6.45) is 5.51. The van der Waals surface area contributed by atoms with Crippen LogP contribution in [0.25, 0.3) is 0 Å². The Morgan fingerprint density at radius 2 is 2.05 bits per heavy atom. The molecule has 2 rings (SSSR count). The molecule has 1 saturated carbocycles. The summed E-state index contributed by atoms with van der Waals surface area (Å²) in [5, 5.41) is 12.4. The van der Waals surface area contributed by atoms with Crippen molar-refractivity contribution in [1.29, 1.82) is 0 Å². The average molecular weight is 280 g/mol. The number of nitrogens with one attached hydrogen (secondary N) is 1. The van der Waals surface area contributed by atoms with Crippen molar-refractivity contribution < 1.29 is 14.3 Å². The van der Waals surface area contributed by atoms with Crippen molar-refractivity contribution >= 4 is 5.91 Å². The van der Waals surface area contributed by atoms with Crippen LogP contribution in [0, 0.1) is 11.2 Å². The van der Waals surface area contributed by atoms with Gasteiger partial charge < -0.3 is 16.2 Å². The lowest BCUT2D eigenvalue weighted by atomic mass is 9.74. The molecule has 1 aromatic carbocycles. The van der Waals surface area contributed by atoms with Gasteiger partial charge in [-0.2, -0.15) is 0 Å². The first kappa shape index (κ1) is 14.8. The SMILES string of the molecule is NCC1(CNC(=O)c2ccc(F)cc2O)CCCCC1. The fourth-order valence-electron chi connectivity index (χ4n) is 2.81. The predicted octanol–water partition coefficient (Wildman–Crippen LogP) is 2.17. The molecular weight excluding hydrogens is 259 g/mol. The van der Waals surface area contributed by atoms with E-state index in [1.165, 1.54) is 12.5 Å². The van der Waals surface area contributed by atoms with Crippen molar-refractivity contribution in [3.8, 4) is 5.75 Å². The molecule has 0 unspecified atom stereocenters. The number of phenolic OH excluding ortho intramolecular Hbond substituents is 1. The van der Waals surface area contributed by atoms with Gasteiger partial charge in [-0.1, -0.05) is 19.3 Å². The number of hydrogen-bond donors (Lipinski definition) is 3. The van der Waals surface area contributed by atoms with Crippen LogP contribution < -0.4 is 11.1 Å². The van der Waals surface area contributed by atoms with Gasteiger partial charge in [0.25, 0.3) is 5.91 Å². The summed E-state index contributed by atoms with van der Waals surface area (Å²) in [4.78, 5) is 12.0. The first-order valence-electron chi connectivity index (χ1n) is 7.03. The Kier molecular flexibility index (Phi) is 4.60. The van der Waals surface area contributed by atoms with Crippen LogP contribution in [0.5, 0.6) is 5.75 Å². The molecule has 0 heterocycles. The lowest BCUT2D eigenvalue weighted by Crippen LogP contribution is -2.43. The van der Waals surface area contributed by atoms with E-state index < -0.39 is 5.82 Å². The van der Waals surface area contributed by atoms with Crippen LogP contribution in [-0.2, 0) is 0 Å². The van der Waals surface area contributed by atoms with Crippen LogP contribution >= 0.6 is 0 Å². The first-order chi connectivity index (χ1) is 9.56. The summed E-state index contributed by atoms with van der Waals surface area (Å²) in [6, 6.07) is 3.39. The summed E-state index contributed by atoms with van der Waals surface area (Å²) in [7, 11) is 0. The summed E-state index contributed by atoms with van der Waals surface area (Å²) in [6.45, 7) is 1.04. The molecule has 1 aliphatic rings. The summed E-state index contributed by atoms with van der Waals surface area (Å²) in [5.41, 5.74) is 5.92. The molecule has 0 bridgehead atoms. The normalized spacial score (nSPS) is 17.7. The molecule has 4 nitrogen and oxygen atoms in total. The number of carbonyl (C=O) groups excluding carboxylic acids is 1. The second kappa shape index (κ2) is 6.22. The minimum absolute atomic E-state index is 0.0381. The molecule has 0 radical (unpaired) electrons. The molecule has 110 valence electrons. The molecule has 0 saturated heterocycles. The van der Waals surface area contributed by atoms with Crippen molar-refractivity contribution in [3.63, 3.8) is 0 Å². The Balaban J connectivity index is 2.00. The zero-order valence-corrected chi connectivity index (χ0v) is 11.5. The maximum absolute atomic E-state index is 12.9. The predicted molar refractivity (Wildman–Crippen MR) is 75.0 cm³/mol. The highest BCUT2D eigenvalue weighted by Gasteiger charge is 2.31. The summed E-state index contributed by atoms with van der Waals surface area (Å²) < 4.78 is 12.9. The van der Waals surface area contributed by atoms with Gasteiger partial charge in [0.2, 0.25) is 0 Å². The second-order valence-electron chi connectivity index (χ2n) is 5.61. The monoisotopic (exact) mass is 280 g/mol. The van der Waals surface area contributed by atoms with Gasteiger partial charge in [0, 0.05) is 12.6 Å². The van der Waals surface area contributed by atoms with E-state index in [9.17, 15) is 14.3 Å². The zero-order valence-electron chi connectivity index (χ0n) is 11.5. The number of hydrogen-bond acceptors (Lipinski definition) is 3.